The largest absolute Gasteiger partial charge is 0.406 e. The Hall–Kier alpha value is -1.10. The second kappa shape index (κ2) is 5.11. The first-order chi connectivity index (χ1) is 7.10. The zero-order valence-corrected chi connectivity index (χ0v) is 10.1. The summed E-state index contributed by atoms with van der Waals surface area (Å²) in [6, 6.07) is 1.06. The third kappa shape index (κ3) is 2.68. The predicted octanol–water partition coefficient (Wildman–Crippen LogP) is 1.58. The van der Waals surface area contributed by atoms with Crippen LogP contribution in [0.5, 0.6) is 0 Å². The van der Waals surface area contributed by atoms with Gasteiger partial charge in [-0.2, -0.15) is 0 Å². The van der Waals surface area contributed by atoms with Gasteiger partial charge in [-0.3, -0.25) is 0 Å². The van der Waals surface area contributed by atoms with Gasteiger partial charge in [-0.25, -0.2) is 0 Å². The maximum atomic E-state index is 5.59. The molecule has 0 aliphatic carbocycles. The summed E-state index contributed by atoms with van der Waals surface area (Å²) in [7, 11) is 1.87. The Morgan fingerprint density at radius 3 is 2.47 bits per heavy atom. The van der Waals surface area contributed by atoms with E-state index in [1.807, 2.05) is 14.0 Å². The summed E-state index contributed by atoms with van der Waals surface area (Å²) in [5, 5.41) is 11.1. The molecule has 0 fully saturated rings. The molecule has 0 bridgehead atoms. The second-order valence-corrected chi connectivity index (χ2v) is 3.81. The number of hydrogen-bond donors (Lipinski definition) is 1. The van der Waals surface area contributed by atoms with Crippen LogP contribution in [0.25, 0.3) is 0 Å². The third-order valence-corrected chi connectivity index (χ3v) is 2.44. The van der Waals surface area contributed by atoms with Gasteiger partial charge in [0.1, 0.15) is 0 Å². The fourth-order valence-electron chi connectivity index (χ4n) is 1.36. The van der Waals surface area contributed by atoms with Gasteiger partial charge in [0.05, 0.1) is 6.04 Å². The molecule has 0 aromatic carbocycles. The molecule has 1 heterocycles. The van der Waals surface area contributed by atoms with Gasteiger partial charge in [-0.15, -0.1) is 5.10 Å². The number of nitrogens with zero attached hydrogens (tertiary/aromatic N) is 3. The summed E-state index contributed by atoms with van der Waals surface area (Å²) in [5.74, 6) is 0.631. The lowest BCUT2D eigenvalue weighted by molar-refractivity contribution is 0.425. The first-order valence-electron chi connectivity index (χ1n) is 5.37. The van der Waals surface area contributed by atoms with Crippen molar-refractivity contribution in [2.45, 2.75) is 39.8 Å². The van der Waals surface area contributed by atoms with Crippen molar-refractivity contribution in [3.63, 3.8) is 0 Å². The molecule has 5 nitrogen and oxygen atoms in total. The first-order valence-corrected chi connectivity index (χ1v) is 5.37. The maximum Gasteiger partial charge on any atom is 0.318 e. The van der Waals surface area contributed by atoms with E-state index in [4.69, 9.17) is 4.42 Å². The molecule has 0 spiro atoms. The molecule has 0 saturated heterocycles. The van der Waals surface area contributed by atoms with E-state index in [1.54, 1.807) is 0 Å². The molecule has 86 valence electrons. The maximum absolute atomic E-state index is 5.59. The van der Waals surface area contributed by atoms with Gasteiger partial charge >= 0.3 is 6.01 Å². The van der Waals surface area contributed by atoms with Crippen LogP contribution in [0.1, 0.15) is 39.6 Å². The standard InChI is InChI=1S/C10H20N4O/c1-6-14(7(2)3)10-13-12-9(15-10)8(4)11-5/h7-8,11H,6H2,1-5H3. The van der Waals surface area contributed by atoms with Crippen molar-refractivity contribution < 1.29 is 4.42 Å². The molecule has 1 aromatic rings. The predicted molar refractivity (Wildman–Crippen MR) is 59.9 cm³/mol. The van der Waals surface area contributed by atoms with Crippen LogP contribution in [0.15, 0.2) is 4.42 Å². The van der Waals surface area contributed by atoms with Crippen molar-refractivity contribution in [2.75, 3.05) is 18.5 Å². The molecular formula is C10H20N4O. The molecule has 1 N–H and O–H groups in total. The molecule has 0 radical (unpaired) electrons. The highest BCUT2D eigenvalue weighted by atomic mass is 16.4. The Bertz CT molecular complexity index is 297. The van der Waals surface area contributed by atoms with Crippen molar-refractivity contribution in [3.8, 4) is 0 Å². The highest BCUT2D eigenvalue weighted by Gasteiger charge is 2.17. The van der Waals surface area contributed by atoms with E-state index in [9.17, 15) is 0 Å². The first kappa shape index (κ1) is 12.0. The lowest BCUT2D eigenvalue weighted by Crippen LogP contribution is -2.30. The minimum atomic E-state index is 0.0946. The second-order valence-electron chi connectivity index (χ2n) is 3.81. The van der Waals surface area contributed by atoms with Gasteiger partial charge in [0.25, 0.3) is 0 Å². The minimum Gasteiger partial charge on any atom is -0.406 e. The molecule has 1 rings (SSSR count). The zero-order valence-electron chi connectivity index (χ0n) is 10.1. The molecule has 1 unspecified atom stereocenters. The van der Waals surface area contributed by atoms with E-state index >= 15 is 0 Å². The molecule has 1 aromatic heterocycles. The Kier molecular flexibility index (Phi) is 4.08. The van der Waals surface area contributed by atoms with Crippen LogP contribution in [0.3, 0.4) is 0 Å². The minimum absolute atomic E-state index is 0.0946. The van der Waals surface area contributed by atoms with Crippen molar-refractivity contribution >= 4 is 6.01 Å². The Labute approximate surface area is 90.9 Å². The van der Waals surface area contributed by atoms with Gasteiger partial charge in [0.2, 0.25) is 5.89 Å². The average Bonchev–Trinajstić information content (AvgIpc) is 2.66. The smallest absolute Gasteiger partial charge is 0.318 e. The Balaban J connectivity index is 2.82. The molecule has 5 heteroatoms. The lowest BCUT2D eigenvalue weighted by Gasteiger charge is -2.22. The van der Waals surface area contributed by atoms with Gasteiger partial charge in [-0.05, 0) is 34.7 Å². The van der Waals surface area contributed by atoms with Gasteiger partial charge in [-0.1, -0.05) is 5.10 Å². The van der Waals surface area contributed by atoms with E-state index in [1.165, 1.54) is 0 Å². The summed E-state index contributed by atoms with van der Waals surface area (Å²) >= 11 is 0. The summed E-state index contributed by atoms with van der Waals surface area (Å²) in [6.07, 6.45) is 0. The number of rotatable bonds is 5. The summed E-state index contributed by atoms with van der Waals surface area (Å²) in [5.41, 5.74) is 0. The molecular weight excluding hydrogens is 192 g/mol. The van der Waals surface area contributed by atoms with Crippen molar-refractivity contribution in [2.24, 2.45) is 0 Å². The van der Waals surface area contributed by atoms with Crippen molar-refractivity contribution in [1.82, 2.24) is 15.5 Å². The normalized spacial score (nSPS) is 13.2. The van der Waals surface area contributed by atoms with Crippen LogP contribution < -0.4 is 10.2 Å². The quantitative estimate of drug-likeness (QED) is 0.803. The van der Waals surface area contributed by atoms with Gasteiger partial charge in [0, 0.05) is 12.6 Å². The summed E-state index contributed by atoms with van der Waals surface area (Å²) in [4.78, 5) is 2.07. The number of hydrogen-bond acceptors (Lipinski definition) is 5. The Morgan fingerprint density at radius 1 is 1.33 bits per heavy atom. The molecule has 0 amide bonds. The molecule has 15 heavy (non-hydrogen) atoms. The molecule has 0 aliphatic rings. The van der Waals surface area contributed by atoms with E-state index in [-0.39, 0.29) is 6.04 Å². The molecule has 0 aliphatic heterocycles. The fraction of sp³-hybridized carbons (Fsp3) is 0.800. The van der Waals surface area contributed by atoms with Crippen molar-refractivity contribution in [3.05, 3.63) is 5.89 Å². The zero-order chi connectivity index (χ0) is 11.4. The van der Waals surface area contributed by atoms with Crippen LogP contribution in [-0.2, 0) is 0 Å². The van der Waals surface area contributed by atoms with Crippen LogP contribution in [-0.4, -0.2) is 29.8 Å². The molecule has 0 saturated carbocycles. The number of anilines is 1. The van der Waals surface area contributed by atoms with Crippen LogP contribution >= 0.6 is 0 Å². The van der Waals surface area contributed by atoms with Crippen LogP contribution in [0, 0.1) is 0 Å². The van der Waals surface area contributed by atoms with Crippen LogP contribution in [0.4, 0.5) is 6.01 Å². The van der Waals surface area contributed by atoms with E-state index in [0.29, 0.717) is 17.9 Å². The number of aromatic nitrogens is 2. The van der Waals surface area contributed by atoms with E-state index in [0.717, 1.165) is 6.54 Å². The van der Waals surface area contributed by atoms with Gasteiger partial charge in [0.15, 0.2) is 0 Å². The fourth-order valence-corrected chi connectivity index (χ4v) is 1.36. The van der Waals surface area contributed by atoms with E-state index in [2.05, 4.69) is 41.2 Å². The van der Waals surface area contributed by atoms with Crippen LogP contribution in [0.2, 0.25) is 0 Å². The lowest BCUT2D eigenvalue weighted by atomic mass is 10.3. The third-order valence-electron chi connectivity index (χ3n) is 2.44. The Morgan fingerprint density at radius 2 is 2.00 bits per heavy atom. The highest BCUT2D eigenvalue weighted by molar-refractivity contribution is 5.25. The summed E-state index contributed by atoms with van der Waals surface area (Å²) in [6.45, 7) is 9.14. The van der Waals surface area contributed by atoms with E-state index < -0.39 is 0 Å². The summed E-state index contributed by atoms with van der Waals surface area (Å²) < 4.78 is 5.59. The van der Waals surface area contributed by atoms with Gasteiger partial charge < -0.3 is 14.6 Å². The topological polar surface area (TPSA) is 54.2 Å². The number of nitrogens with one attached hydrogen (secondary N) is 1. The SMILES string of the molecule is CCN(c1nnc(C(C)NC)o1)C(C)C. The monoisotopic (exact) mass is 212 g/mol. The molecule has 1 atom stereocenters. The highest BCUT2D eigenvalue weighted by Crippen LogP contribution is 2.18. The average molecular weight is 212 g/mol. The van der Waals surface area contributed by atoms with Crippen molar-refractivity contribution in [1.29, 1.82) is 0 Å².